The summed E-state index contributed by atoms with van der Waals surface area (Å²) in [5.74, 6) is 1.83. The molecule has 2 atom stereocenters. The molecule has 0 aromatic rings. The highest BCUT2D eigenvalue weighted by molar-refractivity contribution is 14.0. The van der Waals surface area contributed by atoms with Crippen LogP contribution in [-0.2, 0) is 4.79 Å². The molecule has 6 nitrogen and oxygen atoms in total. The molecule has 2 aliphatic rings. The molecule has 0 spiro atoms. The number of nitrogens with zero attached hydrogens (tertiary/aromatic N) is 3. The van der Waals surface area contributed by atoms with Crippen LogP contribution in [0.4, 0.5) is 0 Å². The quantitative estimate of drug-likeness (QED) is 0.348. The van der Waals surface area contributed by atoms with Gasteiger partial charge in [-0.25, -0.2) is 0 Å². The van der Waals surface area contributed by atoms with Crippen molar-refractivity contribution in [1.29, 1.82) is 0 Å². The highest BCUT2D eigenvalue weighted by atomic mass is 127. The number of guanidine groups is 1. The summed E-state index contributed by atoms with van der Waals surface area (Å²) in [6.45, 7) is 12.7. The van der Waals surface area contributed by atoms with E-state index in [1.807, 2.05) is 0 Å². The first-order valence-corrected chi connectivity index (χ1v) is 10.0. The molecule has 2 rings (SSSR count). The van der Waals surface area contributed by atoms with Crippen LogP contribution in [-0.4, -0.2) is 67.0 Å². The van der Waals surface area contributed by atoms with Gasteiger partial charge in [-0.2, -0.15) is 0 Å². The Balaban J connectivity index is 0.00000338. The first-order valence-electron chi connectivity index (χ1n) is 10.0. The van der Waals surface area contributed by atoms with Crippen LogP contribution >= 0.6 is 24.0 Å². The maximum absolute atomic E-state index is 11.2. The van der Waals surface area contributed by atoms with E-state index >= 15 is 0 Å². The average Bonchev–Trinajstić information content (AvgIpc) is 2.58. The van der Waals surface area contributed by atoms with Crippen LogP contribution in [0.15, 0.2) is 4.99 Å². The average molecular weight is 479 g/mol. The van der Waals surface area contributed by atoms with Crippen molar-refractivity contribution in [2.75, 3.05) is 39.3 Å². The van der Waals surface area contributed by atoms with E-state index in [0.717, 1.165) is 51.5 Å². The fourth-order valence-electron chi connectivity index (χ4n) is 4.07. The Morgan fingerprint density at radius 1 is 1.19 bits per heavy atom. The minimum atomic E-state index is -0.190. The van der Waals surface area contributed by atoms with Gasteiger partial charge in [0, 0.05) is 45.2 Å². The number of carbonyl (C=O) groups is 1. The lowest BCUT2D eigenvalue weighted by Gasteiger charge is -2.36. The molecule has 2 unspecified atom stereocenters. The number of aliphatic imine (C=N–C) groups is 1. The number of rotatable bonds is 6. The standard InChI is InChI=1S/C19H37N5O.HI/c1-4-21-19(24-10-5-7-16(13-24)11-18(20)25)22-12-17-8-6-9-23(14-17)15(2)3;/h15-17H,4-14H2,1-3H3,(H2,20,25)(H,21,22);1H. The van der Waals surface area contributed by atoms with E-state index in [1.54, 1.807) is 0 Å². The summed E-state index contributed by atoms with van der Waals surface area (Å²) in [7, 11) is 0. The summed E-state index contributed by atoms with van der Waals surface area (Å²) in [6, 6.07) is 0.622. The van der Waals surface area contributed by atoms with E-state index in [-0.39, 0.29) is 29.9 Å². The number of likely N-dealkylation sites (tertiary alicyclic amines) is 2. The van der Waals surface area contributed by atoms with E-state index in [9.17, 15) is 4.79 Å². The molecule has 0 aromatic heterocycles. The first kappa shape index (κ1) is 23.5. The second-order valence-electron chi connectivity index (χ2n) is 7.92. The zero-order valence-electron chi connectivity index (χ0n) is 16.7. The van der Waals surface area contributed by atoms with E-state index in [0.29, 0.717) is 24.3 Å². The zero-order valence-corrected chi connectivity index (χ0v) is 19.1. The van der Waals surface area contributed by atoms with Gasteiger partial charge in [0.1, 0.15) is 0 Å². The second kappa shape index (κ2) is 12.0. The predicted octanol–water partition coefficient (Wildman–Crippen LogP) is 2.28. The number of primary amides is 1. The molecule has 3 N–H and O–H groups in total. The maximum Gasteiger partial charge on any atom is 0.217 e. The fourth-order valence-corrected chi connectivity index (χ4v) is 4.07. The molecule has 26 heavy (non-hydrogen) atoms. The van der Waals surface area contributed by atoms with Gasteiger partial charge in [0.25, 0.3) is 0 Å². The molecule has 0 aliphatic carbocycles. The Hall–Kier alpha value is -0.570. The van der Waals surface area contributed by atoms with Gasteiger partial charge in [-0.05, 0) is 64.8 Å². The van der Waals surface area contributed by atoms with E-state index in [1.165, 1.54) is 19.4 Å². The molecular formula is C19H38IN5O. The molecular weight excluding hydrogens is 441 g/mol. The van der Waals surface area contributed by atoms with Gasteiger partial charge in [0.05, 0.1) is 0 Å². The first-order chi connectivity index (χ1) is 12.0. The third-order valence-corrected chi connectivity index (χ3v) is 5.42. The van der Waals surface area contributed by atoms with E-state index in [2.05, 4.69) is 35.9 Å². The van der Waals surface area contributed by atoms with Gasteiger partial charge in [0.15, 0.2) is 5.96 Å². The van der Waals surface area contributed by atoms with Crippen molar-refractivity contribution < 1.29 is 4.79 Å². The molecule has 0 saturated carbocycles. The van der Waals surface area contributed by atoms with Gasteiger partial charge >= 0.3 is 0 Å². The monoisotopic (exact) mass is 479 g/mol. The largest absolute Gasteiger partial charge is 0.370 e. The smallest absolute Gasteiger partial charge is 0.217 e. The molecule has 0 aromatic carbocycles. The third-order valence-electron chi connectivity index (χ3n) is 5.42. The second-order valence-corrected chi connectivity index (χ2v) is 7.92. The number of amides is 1. The molecule has 2 aliphatic heterocycles. The molecule has 152 valence electrons. The van der Waals surface area contributed by atoms with Crippen molar-refractivity contribution in [3.63, 3.8) is 0 Å². The van der Waals surface area contributed by atoms with Crippen LogP contribution in [0.1, 0.15) is 52.9 Å². The number of carbonyl (C=O) groups excluding carboxylic acids is 1. The van der Waals surface area contributed by atoms with E-state index in [4.69, 9.17) is 10.7 Å². The van der Waals surface area contributed by atoms with Gasteiger partial charge < -0.3 is 20.9 Å². The topological polar surface area (TPSA) is 74.0 Å². The lowest BCUT2D eigenvalue weighted by molar-refractivity contribution is -0.119. The molecule has 0 radical (unpaired) electrons. The summed E-state index contributed by atoms with van der Waals surface area (Å²) >= 11 is 0. The van der Waals surface area contributed by atoms with Crippen LogP contribution in [0.5, 0.6) is 0 Å². The van der Waals surface area contributed by atoms with Crippen molar-refractivity contribution >= 4 is 35.8 Å². The molecule has 2 fully saturated rings. The summed E-state index contributed by atoms with van der Waals surface area (Å²) in [6.07, 6.45) is 5.23. The van der Waals surface area contributed by atoms with Gasteiger partial charge in [-0.1, -0.05) is 0 Å². The van der Waals surface area contributed by atoms with Crippen molar-refractivity contribution in [2.45, 2.75) is 58.9 Å². The summed E-state index contributed by atoms with van der Waals surface area (Å²) in [4.78, 5) is 21.1. The molecule has 2 saturated heterocycles. The SMILES string of the molecule is CCNC(=NCC1CCCN(C(C)C)C1)N1CCCC(CC(N)=O)C1.I. The van der Waals surface area contributed by atoms with Crippen LogP contribution in [0, 0.1) is 11.8 Å². The molecule has 1 amide bonds. The summed E-state index contributed by atoms with van der Waals surface area (Å²) in [5.41, 5.74) is 5.39. The minimum absolute atomic E-state index is 0. The zero-order chi connectivity index (χ0) is 18.2. The van der Waals surface area contributed by atoms with Crippen molar-refractivity contribution in [1.82, 2.24) is 15.1 Å². The Morgan fingerprint density at radius 3 is 2.54 bits per heavy atom. The predicted molar refractivity (Wildman–Crippen MR) is 119 cm³/mol. The number of nitrogens with one attached hydrogen (secondary N) is 1. The Labute approximate surface area is 176 Å². The molecule has 0 bridgehead atoms. The van der Waals surface area contributed by atoms with Crippen LogP contribution in [0.25, 0.3) is 0 Å². The highest BCUT2D eigenvalue weighted by Crippen LogP contribution is 2.21. The van der Waals surface area contributed by atoms with Crippen LogP contribution in [0.3, 0.4) is 0 Å². The highest BCUT2D eigenvalue weighted by Gasteiger charge is 2.25. The Morgan fingerprint density at radius 2 is 1.88 bits per heavy atom. The van der Waals surface area contributed by atoms with Crippen LogP contribution < -0.4 is 11.1 Å². The van der Waals surface area contributed by atoms with Gasteiger partial charge in [-0.3, -0.25) is 9.79 Å². The fraction of sp³-hybridized carbons (Fsp3) is 0.895. The maximum atomic E-state index is 11.2. The van der Waals surface area contributed by atoms with Crippen LogP contribution in [0.2, 0.25) is 0 Å². The van der Waals surface area contributed by atoms with E-state index < -0.39 is 0 Å². The minimum Gasteiger partial charge on any atom is -0.370 e. The summed E-state index contributed by atoms with van der Waals surface area (Å²) < 4.78 is 0. The number of nitrogens with two attached hydrogens (primary N) is 1. The number of hydrogen-bond acceptors (Lipinski definition) is 3. The molecule has 2 heterocycles. The summed E-state index contributed by atoms with van der Waals surface area (Å²) in [5, 5.41) is 3.45. The number of hydrogen-bond donors (Lipinski definition) is 2. The Bertz CT molecular complexity index is 457. The lowest BCUT2D eigenvalue weighted by atomic mass is 9.94. The molecule has 7 heteroatoms. The lowest BCUT2D eigenvalue weighted by Crippen LogP contribution is -2.47. The Kier molecular flexibility index (Phi) is 10.8. The number of piperidine rings is 2. The normalized spacial score (nSPS) is 25.1. The van der Waals surface area contributed by atoms with Gasteiger partial charge in [0.2, 0.25) is 5.91 Å². The third kappa shape index (κ3) is 7.58. The number of halogens is 1. The van der Waals surface area contributed by atoms with Crippen molar-refractivity contribution in [2.24, 2.45) is 22.6 Å². The van der Waals surface area contributed by atoms with Gasteiger partial charge in [-0.15, -0.1) is 24.0 Å². The van der Waals surface area contributed by atoms with Crippen molar-refractivity contribution in [3.05, 3.63) is 0 Å². The van der Waals surface area contributed by atoms with Crippen molar-refractivity contribution in [3.8, 4) is 0 Å².